The molecule has 8 heteroatoms. The van der Waals surface area contributed by atoms with Crippen LogP contribution in [0.3, 0.4) is 0 Å². The molecular formula is C19H19N3O5. The lowest BCUT2D eigenvalue weighted by Crippen LogP contribution is -2.39. The van der Waals surface area contributed by atoms with Crippen LogP contribution >= 0.6 is 0 Å². The van der Waals surface area contributed by atoms with Gasteiger partial charge in [-0.2, -0.15) is 0 Å². The number of fused-ring (bicyclic) bond motifs is 1. The molecule has 0 fully saturated rings. The van der Waals surface area contributed by atoms with Gasteiger partial charge in [0.25, 0.3) is 17.5 Å². The van der Waals surface area contributed by atoms with E-state index in [0.29, 0.717) is 29.2 Å². The molecule has 0 atom stereocenters. The molecule has 1 heterocycles. The van der Waals surface area contributed by atoms with Gasteiger partial charge in [0.2, 0.25) is 0 Å². The van der Waals surface area contributed by atoms with Crippen LogP contribution in [0.25, 0.3) is 0 Å². The van der Waals surface area contributed by atoms with E-state index in [9.17, 15) is 19.7 Å². The number of nitro benzene ring substituents is 1. The second-order valence-electron chi connectivity index (χ2n) is 6.13. The van der Waals surface area contributed by atoms with Crippen LogP contribution in [0.5, 0.6) is 5.75 Å². The smallest absolute Gasteiger partial charge is 0.269 e. The molecule has 0 radical (unpaired) electrons. The van der Waals surface area contributed by atoms with E-state index >= 15 is 0 Å². The Labute approximate surface area is 155 Å². The van der Waals surface area contributed by atoms with Crippen molar-refractivity contribution in [2.75, 3.05) is 23.4 Å². The van der Waals surface area contributed by atoms with Crippen molar-refractivity contribution in [1.82, 2.24) is 0 Å². The zero-order chi connectivity index (χ0) is 19.4. The maximum atomic E-state index is 12.4. The van der Waals surface area contributed by atoms with E-state index in [0.717, 1.165) is 12.8 Å². The van der Waals surface area contributed by atoms with Crippen molar-refractivity contribution in [3.63, 3.8) is 0 Å². The van der Waals surface area contributed by atoms with Gasteiger partial charge < -0.3 is 15.0 Å². The minimum absolute atomic E-state index is 0.00517. The molecule has 1 aliphatic rings. The van der Waals surface area contributed by atoms with Crippen molar-refractivity contribution in [3.8, 4) is 5.75 Å². The fraction of sp³-hybridized carbons (Fsp3) is 0.263. The maximum absolute atomic E-state index is 12.4. The highest BCUT2D eigenvalue weighted by Crippen LogP contribution is 2.35. The Morgan fingerprint density at radius 2 is 2.00 bits per heavy atom. The lowest BCUT2D eigenvalue weighted by Gasteiger charge is -2.29. The molecule has 0 saturated heterocycles. The minimum atomic E-state index is -0.521. The van der Waals surface area contributed by atoms with Gasteiger partial charge >= 0.3 is 0 Å². The van der Waals surface area contributed by atoms with Gasteiger partial charge in [-0.25, -0.2) is 0 Å². The second-order valence-corrected chi connectivity index (χ2v) is 6.13. The van der Waals surface area contributed by atoms with Crippen LogP contribution in [0.4, 0.5) is 17.1 Å². The van der Waals surface area contributed by atoms with Crippen molar-refractivity contribution in [3.05, 3.63) is 58.1 Å². The van der Waals surface area contributed by atoms with Gasteiger partial charge in [-0.15, -0.1) is 0 Å². The maximum Gasteiger partial charge on any atom is 0.269 e. The third kappa shape index (κ3) is 4.05. The number of ether oxygens (including phenoxy) is 1. The van der Waals surface area contributed by atoms with E-state index in [1.165, 1.54) is 24.3 Å². The Morgan fingerprint density at radius 3 is 2.67 bits per heavy atom. The molecule has 27 heavy (non-hydrogen) atoms. The van der Waals surface area contributed by atoms with Crippen LogP contribution in [-0.2, 0) is 4.79 Å². The number of rotatable bonds is 6. The van der Waals surface area contributed by atoms with Gasteiger partial charge in [-0.3, -0.25) is 19.7 Å². The average molecular weight is 369 g/mol. The van der Waals surface area contributed by atoms with Crippen LogP contribution in [0.1, 0.15) is 30.1 Å². The van der Waals surface area contributed by atoms with Crippen LogP contribution in [0, 0.1) is 10.1 Å². The summed E-state index contributed by atoms with van der Waals surface area (Å²) < 4.78 is 5.46. The summed E-state index contributed by atoms with van der Waals surface area (Å²) in [5.74, 6) is 0.0850. The Hall–Kier alpha value is -3.42. The number of nitro groups is 1. The number of amides is 2. The van der Waals surface area contributed by atoms with Gasteiger partial charge in [-0.1, -0.05) is 13.3 Å². The summed E-state index contributed by atoms with van der Waals surface area (Å²) in [6, 6.07) is 10.5. The lowest BCUT2D eigenvalue weighted by molar-refractivity contribution is -0.384. The highest BCUT2D eigenvalue weighted by molar-refractivity contribution is 6.05. The zero-order valence-corrected chi connectivity index (χ0v) is 14.8. The summed E-state index contributed by atoms with van der Waals surface area (Å²) in [4.78, 5) is 36.4. The molecule has 0 saturated carbocycles. The van der Waals surface area contributed by atoms with Crippen molar-refractivity contribution >= 4 is 28.9 Å². The Balaban J connectivity index is 1.79. The third-order valence-corrected chi connectivity index (χ3v) is 4.24. The van der Waals surface area contributed by atoms with E-state index in [1.54, 1.807) is 23.1 Å². The molecular weight excluding hydrogens is 350 g/mol. The number of carbonyl (C=O) groups excluding carboxylic acids is 2. The SMILES string of the molecule is CCCCN1C(=O)COc2ccc(NC(=O)c3ccc([N+](=O)[O-])cc3)cc21. The summed E-state index contributed by atoms with van der Waals surface area (Å²) in [5, 5.41) is 13.4. The van der Waals surface area contributed by atoms with E-state index in [4.69, 9.17) is 4.74 Å². The summed E-state index contributed by atoms with van der Waals surface area (Å²) in [6.07, 6.45) is 1.82. The standard InChI is InChI=1S/C19H19N3O5/c1-2-3-10-21-16-11-14(6-9-17(16)27-12-18(21)23)20-19(24)13-4-7-15(8-5-13)22(25)26/h4-9,11H,2-3,10,12H2,1H3,(H,20,24). The van der Waals surface area contributed by atoms with Gasteiger partial charge in [0.15, 0.2) is 6.61 Å². The van der Waals surface area contributed by atoms with Crippen molar-refractivity contribution in [1.29, 1.82) is 0 Å². The number of carbonyl (C=O) groups is 2. The minimum Gasteiger partial charge on any atom is -0.482 e. The number of hydrogen-bond acceptors (Lipinski definition) is 5. The number of non-ortho nitro benzene ring substituents is 1. The quantitative estimate of drug-likeness (QED) is 0.621. The molecule has 0 aromatic heterocycles. The number of anilines is 2. The lowest BCUT2D eigenvalue weighted by atomic mass is 10.1. The van der Waals surface area contributed by atoms with Gasteiger partial charge in [-0.05, 0) is 36.8 Å². The summed E-state index contributed by atoms with van der Waals surface area (Å²) >= 11 is 0. The van der Waals surface area contributed by atoms with Gasteiger partial charge in [0, 0.05) is 29.9 Å². The Bertz CT molecular complexity index is 879. The first kappa shape index (κ1) is 18.4. The van der Waals surface area contributed by atoms with Crippen molar-refractivity contribution < 1.29 is 19.2 Å². The second kappa shape index (κ2) is 7.86. The normalized spacial score (nSPS) is 12.9. The zero-order valence-electron chi connectivity index (χ0n) is 14.8. The van der Waals surface area contributed by atoms with Crippen molar-refractivity contribution in [2.45, 2.75) is 19.8 Å². The summed E-state index contributed by atoms with van der Waals surface area (Å²) in [6.45, 7) is 2.64. The molecule has 1 N–H and O–H groups in total. The Morgan fingerprint density at radius 1 is 1.26 bits per heavy atom. The van der Waals surface area contributed by atoms with Gasteiger partial charge in [0.05, 0.1) is 10.6 Å². The predicted octanol–water partition coefficient (Wildman–Crippen LogP) is 3.37. The molecule has 3 rings (SSSR count). The van der Waals surface area contributed by atoms with E-state index in [1.807, 2.05) is 6.92 Å². The van der Waals surface area contributed by atoms with Gasteiger partial charge in [0.1, 0.15) is 5.75 Å². The molecule has 140 valence electrons. The molecule has 0 aliphatic carbocycles. The first-order chi connectivity index (χ1) is 13.0. The van der Waals surface area contributed by atoms with Crippen LogP contribution in [-0.4, -0.2) is 29.9 Å². The van der Waals surface area contributed by atoms with Crippen LogP contribution < -0.4 is 15.0 Å². The number of nitrogens with zero attached hydrogens (tertiary/aromatic N) is 2. The van der Waals surface area contributed by atoms with Crippen molar-refractivity contribution in [2.24, 2.45) is 0 Å². The van der Waals surface area contributed by atoms with Crippen LogP contribution in [0.2, 0.25) is 0 Å². The Kier molecular flexibility index (Phi) is 5.35. The predicted molar refractivity (Wildman–Crippen MR) is 100 cm³/mol. The monoisotopic (exact) mass is 369 g/mol. The average Bonchev–Trinajstić information content (AvgIpc) is 2.67. The molecule has 0 unspecified atom stereocenters. The summed E-state index contributed by atoms with van der Waals surface area (Å²) in [5.41, 5.74) is 1.36. The number of hydrogen-bond donors (Lipinski definition) is 1. The molecule has 0 bridgehead atoms. The first-order valence-electron chi connectivity index (χ1n) is 8.62. The molecule has 2 amide bonds. The van der Waals surface area contributed by atoms with Crippen LogP contribution in [0.15, 0.2) is 42.5 Å². The first-order valence-corrected chi connectivity index (χ1v) is 8.62. The number of nitrogens with one attached hydrogen (secondary N) is 1. The topological polar surface area (TPSA) is 102 Å². The number of unbranched alkanes of at least 4 members (excludes halogenated alkanes) is 1. The molecule has 1 aliphatic heterocycles. The molecule has 2 aromatic carbocycles. The van der Waals surface area contributed by atoms with E-state index < -0.39 is 10.8 Å². The highest BCUT2D eigenvalue weighted by Gasteiger charge is 2.25. The fourth-order valence-electron chi connectivity index (χ4n) is 2.78. The third-order valence-electron chi connectivity index (χ3n) is 4.24. The fourth-order valence-corrected chi connectivity index (χ4v) is 2.78. The molecule has 2 aromatic rings. The van der Waals surface area contributed by atoms with E-state index in [2.05, 4.69) is 5.32 Å². The highest BCUT2D eigenvalue weighted by atomic mass is 16.6. The summed E-state index contributed by atoms with van der Waals surface area (Å²) in [7, 11) is 0. The molecule has 0 spiro atoms. The van der Waals surface area contributed by atoms with E-state index in [-0.39, 0.29) is 18.2 Å². The molecule has 8 nitrogen and oxygen atoms in total. The largest absolute Gasteiger partial charge is 0.482 e. The number of benzene rings is 2.